The zero-order valence-electron chi connectivity index (χ0n) is 19.6. The second-order valence-electron chi connectivity index (χ2n) is 8.43. The van der Waals surface area contributed by atoms with Gasteiger partial charge in [-0.15, -0.1) is 11.3 Å². The van der Waals surface area contributed by atoms with Crippen LogP contribution in [0.1, 0.15) is 16.3 Å². The first-order chi connectivity index (χ1) is 17.5. The maximum atomic E-state index is 12.9. The lowest BCUT2D eigenvalue weighted by atomic mass is 10.1. The molecule has 5 rings (SSSR count). The number of carbonyl (C=O) groups is 2. The van der Waals surface area contributed by atoms with Gasteiger partial charge in [-0.1, -0.05) is 42.0 Å². The average molecular weight is 498 g/mol. The Morgan fingerprint density at radius 3 is 2.25 bits per heavy atom. The van der Waals surface area contributed by atoms with Gasteiger partial charge in [-0.2, -0.15) is 0 Å². The molecule has 0 saturated carbocycles. The Bertz CT molecular complexity index is 1580. The number of hydrogen-bond donors (Lipinski definition) is 1. The highest BCUT2D eigenvalue weighted by molar-refractivity contribution is 7.09. The number of hydrogen-bond acceptors (Lipinski definition) is 6. The second-order valence-corrected chi connectivity index (χ2v) is 9.38. The monoisotopic (exact) mass is 497 g/mol. The SMILES string of the molecule is Cc1ccc(NC(=O)Cc2nc(COC(=O)Cn3c4ccccc4c(=O)c4ccccc43)cs2)cc1. The van der Waals surface area contributed by atoms with Crippen LogP contribution in [-0.4, -0.2) is 21.4 Å². The summed E-state index contributed by atoms with van der Waals surface area (Å²) in [5.74, 6) is -0.602. The first kappa shape index (κ1) is 23.4. The van der Waals surface area contributed by atoms with E-state index in [4.69, 9.17) is 4.74 Å². The van der Waals surface area contributed by atoms with Crippen LogP contribution in [0.2, 0.25) is 0 Å². The van der Waals surface area contributed by atoms with Gasteiger partial charge in [0, 0.05) is 21.8 Å². The molecule has 0 fully saturated rings. The van der Waals surface area contributed by atoms with E-state index < -0.39 is 5.97 Å². The summed E-state index contributed by atoms with van der Waals surface area (Å²) < 4.78 is 7.29. The van der Waals surface area contributed by atoms with Crippen molar-refractivity contribution in [2.75, 3.05) is 5.32 Å². The summed E-state index contributed by atoms with van der Waals surface area (Å²) in [5, 5.41) is 6.39. The number of fused-ring (bicyclic) bond motifs is 2. The number of aryl methyl sites for hydroxylation is 1. The molecule has 0 bridgehead atoms. The van der Waals surface area contributed by atoms with Crippen molar-refractivity contribution in [1.29, 1.82) is 0 Å². The molecular weight excluding hydrogens is 474 g/mol. The number of ether oxygens (including phenoxy) is 1. The van der Waals surface area contributed by atoms with E-state index in [1.165, 1.54) is 11.3 Å². The van der Waals surface area contributed by atoms with Gasteiger partial charge in [0.15, 0.2) is 5.43 Å². The number of amides is 1. The molecule has 180 valence electrons. The van der Waals surface area contributed by atoms with E-state index in [-0.39, 0.29) is 30.9 Å². The summed E-state index contributed by atoms with van der Waals surface area (Å²) in [4.78, 5) is 42.4. The second kappa shape index (κ2) is 10.1. The smallest absolute Gasteiger partial charge is 0.326 e. The van der Waals surface area contributed by atoms with Crippen LogP contribution < -0.4 is 10.7 Å². The highest BCUT2D eigenvalue weighted by Crippen LogP contribution is 2.20. The van der Waals surface area contributed by atoms with Crippen LogP contribution in [0.4, 0.5) is 5.69 Å². The minimum atomic E-state index is -0.444. The Balaban J connectivity index is 1.24. The molecule has 2 aromatic heterocycles. The number of rotatable bonds is 7. The summed E-state index contributed by atoms with van der Waals surface area (Å²) in [6.07, 6.45) is 0.141. The predicted octanol–water partition coefficient (Wildman–Crippen LogP) is 4.84. The lowest BCUT2D eigenvalue weighted by molar-refractivity contribution is -0.145. The molecule has 0 radical (unpaired) electrons. The van der Waals surface area contributed by atoms with Gasteiger partial charge >= 0.3 is 5.97 Å². The van der Waals surface area contributed by atoms with Gasteiger partial charge in [-0.25, -0.2) is 4.98 Å². The van der Waals surface area contributed by atoms with Gasteiger partial charge in [0.1, 0.15) is 18.2 Å². The van der Waals surface area contributed by atoms with Crippen molar-refractivity contribution in [2.45, 2.75) is 26.5 Å². The normalized spacial score (nSPS) is 11.0. The topological polar surface area (TPSA) is 90.3 Å². The van der Waals surface area contributed by atoms with Crippen LogP contribution in [-0.2, 0) is 33.9 Å². The Morgan fingerprint density at radius 1 is 0.944 bits per heavy atom. The fourth-order valence-electron chi connectivity index (χ4n) is 4.05. The molecule has 0 aliphatic heterocycles. The molecule has 0 unspecified atom stereocenters. The average Bonchev–Trinajstić information content (AvgIpc) is 3.33. The van der Waals surface area contributed by atoms with E-state index in [1.807, 2.05) is 67.6 Å². The van der Waals surface area contributed by atoms with Crippen molar-refractivity contribution >= 4 is 50.7 Å². The quantitative estimate of drug-likeness (QED) is 0.257. The number of thiazole rings is 1. The van der Waals surface area contributed by atoms with Crippen LogP contribution in [0.15, 0.2) is 83.0 Å². The van der Waals surface area contributed by atoms with Gasteiger partial charge in [-0.3, -0.25) is 14.4 Å². The van der Waals surface area contributed by atoms with Gasteiger partial charge in [0.05, 0.1) is 23.1 Å². The third-order valence-corrected chi connectivity index (χ3v) is 6.69. The maximum Gasteiger partial charge on any atom is 0.326 e. The Labute approximate surface area is 211 Å². The van der Waals surface area contributed by atoms with Crippen molar-refractivity contribution in [3.63, 3.8) is 0 Å². The van der Waals surface area contributed by atoms with Crippen LogP contribution in [0.3, 0.4) is 0 Å². The largest absolute Gasteiger partial charge is 0.458 e. The van der Waals surface area contributed by atoms with E-state index in [2.05, 4.69) is 10.3 Å². The Morgan fingerprint density at radius 2 is 1.58 bits per heavy atom. The lowest BCUT2D eigenvalue weighted by Gasteiger charge is -2.14. The van der Waals surface area contributed by atoms with Crippen LogP contribution >= 0.6 is 11.3 Å². The first-order valence-corrected chi connectivity index (χ1v) is 12.3. The number of nitrogens with one attached hydrogen (secondary N) is 1. The molecule has 3 aromatic carbocycles. The molecule has 0 spiro atoms. The number of carbonyl (C=O) groups excluding carboxylic acids is 2. The number of pyridine rings is 1. The molecule has 8 heteroatoms. The molecule has 0 aliphatic rings. The Hall–Kier alpha value is -4.30. The zero-order valence-corrected chi connectivity index (χ0v) is 20.4. The molecule has 0 aliphatic carbocycles. The van der Waals surface area contributed by atoms with Gasteiger partial charge in [-0.05, 0) is 43.3 Å². The van der Waals surface area contributed by atoms with Crippen LogP contribution in [0, 0.1) is 6.92 Å². The summed E-state index contributed by atoms with van der Waals surface area (Å²) in [7, 11) is 0. The third kappa shape index (κ3) is 5.04. The van der Waals surface area contributed by atoms with Crippen molar-refractivity contribution < 1.29 is 14.3 Å². The number of para-hydroxylation sites is 2. The van der Waals surface area contributed by atoms with E-state index in [9.17, 15) is 14.4 Å². The Kier molecular flexibility index (Phi) is 6.60. The number of nitrogens with zero attached hydrogens (tertiary/aromatic N) is 2. The summed E-state index contributed by atoms with van der Waals surface area (Å²) >= 11 is 1.35. The third-order valence-electron chi connectivity index (χ3n) is 5.79. The molecule has 7 nitrogen and oxygen atoms in total. The number of anilines is 1. The van der Waals surface area contributed by atoms with Crippen molar-refractivity contribution in [2.24, 2.45) is 0 Å². The van der Waals surface area contributed by atoms with Crippen LogP contribution in [0.25, 0.3) is 21.8 Å². The predicted molar refractivity (Wildman–Crippen MR) is 141 cm³/mol. The van der Waals surface area contributed by atoms with E-state index >= 15 is 0 Å². The summed E-state index contributed by atoms with van der Waals surface area (Å²) in [6, 6.07) is 22.0. The van der Waals surface area contributed by atoms with Gasteiger partial charge in [0.2, 0.25) is 5.91 Å². The fourth-order valence-corrected chi connectivity index (χ4v) is 4.83. The maximum absolute atomic E-state index is 12.9. The summed E-state index contributed by atoms with van der Waals surface area (Å²) in [6.45, 7) is 1.95. The first-order valence-electron chi connectivity index (χ1n) is 11.4. The molecule has 2 heterocycles. The minimum Gasteiger partial charge on any atom is -0.458 e. The molecule has 0 saturated heterocycles. The molecule has 36 heavy (non-hydrogen) atoms. The summed E-state index contributed by atoms with van der Waals surface area (Å²) in [5.41, 5.74) is 3.73. The minimum absolute atomic E-state index is 0.00494. The molecule has 1 amide bonds. The zero-order chi connectivity index (χ0) is 25.1. The lowest BCUT2D eigenvalue weighted by Crippen LogP contribution is -2.18. The van der Waals surface area contributed by atoms with Gasteiger partial charge < -0.3 is 14.6 Å². The van der Waals surface area contributed by atoms with Gasteiger partial charge in [0.25, 0.3) is 0 Å². The molecule has 0 atom stereocenters. The highest BCUT2D eigenvalue weighted by atomic mass is 32.1. The standard InChI is InChI=1S/C28H23N3O4S/c1-18-10-12-19(13-11-18)29-25(32)14-26-30-20(17-36-26)16-35-27(33)15-31-23-8-4-2-6-21(23)28(34)22-7-3-5-9-24(22)31/h2-13,17H,14-16H2,1H3,(H,29,32). The molecule has 1 N–H and O–H groups in total. The van der Waals surface area contributed by atoms with Crippen molar-refractivity contribution in [3.8, 4) is 0 Å². The van der Waals surface area contributed by atoms with Crippen molar-refractivity contribution in [3.05, 3.63) is 105 Å². The molecule has 5 aromatic rings. The van der Waals surface area contributed by atoms with Crippen molar-refractivity contribution in [1.82, 2.24) is 9.55 Å². The van der Waals surface area contributed by atoms with Crippen LogP contribution in [0.5, 0.6) is 0 Å². The molecular formula is C28H23N3O4S. The number of esters is 1. The highest BCUT2D eigenvalue weighted by Gasteiger charge is 2.15. The number of benzene rings is 3. The van der Waals surface area contributed by atoms with E-state index in [0.717, 1.165) is 11.3 Å². The van der Waals surface area contributed by atoms with E-state index in [0.29, 0.717) is 32.5 Å². The number of aromatic nitrogens is 2. The fraction of sp³-hybridized carbons (Fsp3) is 0.143. The van der Waals surface area contributed by atoms with E-state index in [1.54, 1.807) is 22.1 Å².